The third-order valence-electron chi connectivity index (χ3n) is 4.43. The Labute approximate surface area is 136 Å². The van der Waals surface area contributed by atoms with E-state index in [0.717, 1.165) is 18.5 Å². The van der Waals surface area contributed by atoms with E-state index in [1.165, 1.54) is 10.6 Å². The Kier molecular flexibility index (Phi) is 4.29. The van der Waals surface area contributed by atoms with Gasteiger partial charge >= 0.3 is 6.09 Å². The molecule has 2 fully saturated rings. The molecule has 0 aliphatic carbocycles. The highest BCUT2D eigenvalue weighted by molar-refractivity contribution is 7.88. The number of hydrogen-bond donors (Lipinski definition) is 0. The minimum Gasteiger partial charge on any atom is -0.447 e. The lowest BCUT2D eigenvalue weighted by molar-refractivity contribution is 0.179. The van der Waals surface area contributed by atoms with E-state index < -0.39 is 10.0 Å². The van der Waals surface area contributed by atoms with Crippen LogP contribution in [0.1, 0.15) is 31.4 Å². The summed E-state index contributed by atoms with van der Waals surface area (Å²) >= 11 is 0. The highest BCUT2D eigenvalue weighted by Crippen LogP contribution is 2.30. The Balaban J connectivity index is 1.75. The minimum atomic E-state index is -3.12. The molecule has 1 aromatic rings. The first-order valence-electron chi connectivity index (χ1n) is 7.74. The van der Waals surface area contributed by atoms with Gasteiger partial charge in [0.05, 0.1) is 12.3 Å². The summed E-state index contributed by atoms with van der Waals surface area (Å²) in [6.45, 7) is 3.32. The van der Waals surface area contributed by atoms with Crippen molar-refractivity contribution in [3.8, 4) is 0 Å². The number of rotatable bonds is 3. The fourth-order valence-corrected chi connectivity index (χ4v) is 3.99. The van der Waals surface area contributed by atoms with Crippen molar-refractivity contribution in [3.63, 3.8) is 0 Å². The Morgan fingerprint density at radius 3 is 2.52 bits per heavy atom. The zero-order valence-electron chi connectivity index (χ0n) is 13.3. The number of carbonyl (C=O) groups excluding carboxylic acids is 1. The standard InChI is InChI=1S/C15H21N3O4S/c1-11-10-22-15(19)18(11)14-5-3-4-13(16-14)12-6-8-17(9-7-12)23(2,20)21/h3-5,11-12H,6-10H2,1-2H3/t11-/m0/s1. The molecule has 0 aromatic carbocycles. The molecule has 2 aliphatic rings. The van der Waals surface area contributed by atoms with Crippen molar-refractivity contribution in [3.05, 3.63) is 23.9 Å². The second-order valence-electron chi connectivity index (χ2n) is 6.15. The highest BCUT2D eigenvalue weighted by Gasteiger charge is 2.33. The second kappa shape index (κ2) is 6.09. The molecule has 0 saturated carbocycles. The van der Waals surface area contributed by atoms with Crippen molar-refractivity contribution < 1.29 is 17.9 Å². The topological polar surface area (TPSA) is 79.8 Å². The third-order valence-corrected chi connectivity index (χ3v) is 5.73. The molecule has 126 valence electrons. The number of anilines is 1. The number of pyridine rings is 1. The number of nitrogens with zero attached hydrogens (tertiary/aromatic N) is 3. The van der Waals surface area contributed by atoms with E-state index in [1.54, 1.807) is 11.0 Å². The van der Waals surface area contributed by atoms with Crippen LogP contribution < -0.4 is 4.90 Å². The van der Waals surface area contributed by atoms with E-state index in [1.807, 2.05) is 19.1 Å². The molecule has 2 aliphatic heterocycles. The molecule has 0 radical (unpaired) electrons. The number of carbonyl (C=O) groups is 1. The van der Waals surface area contributed by atoms with Crippen LogP contribution in [0.2, 0.25) is 0 Å². The van der Waals surface area contributed by atoms with Gasteiger partial charge in [-0.25, -0.2) is 22.5 Å². The maximum atomic E-state index is 11.8. The van der Waals surface area contributed by atoms with E-state index in [-0.39, 0.29) is 18.1 Å². The van der Waals surface area contributed by atoms with Gasteiger partial charge in [0.1, 0.15) is 12.4 Å². The van der Waals surface area contributed by atoms with Gasteiger partial charge in [0.2, 0.25) is 10.0 Å². The fraction of sp³-hybridized carbons (Fsp3) is 0.600. The predicted molar refractivity (Wildman–Crippen MR) is 85.9 cm³/mol. The zero-order chi connectivity index (χ0) is 16.6. The molecule has 1 aromatic heterocycles. The van der Waals surface area contributed by atoms with Crippen LogP contribution in [0.5, 0.6) is 0 Å². The first-order valence-corrected chi connectivity index (χ1v) is 9.59. The number of aromatic nitrogens is 1. The summed E-state index contributed by atoms with van der Waals surface area (Å²) in [5.74, 6) is 0.810. The molecule has 23 heavy (non-hydrogen) atoms. The summed E-state index contributed by atoms with van der Waals surface area (Å²) in [4.78, 5) is 18.0. The molecule has 0 unspecified atom stereocenters. The lowest BCUT2D eigenvalue weighted by Crippen LogP contribution is -2.37. The molecular weight excluding hydrogens is 318 g/mol. The van der Waals surface area contributed by atoms with Crippen LogP contribution in [0.15, 0.2) is 18.2 Å². The van der Waals surface area contributed by atoms with Crippen molar-refractivity contribution >= 4 is 21.9 Å². The lowest BCUT2D eigenvalue weighted by Gasteiger charge is -2.30. The quantitative estimate of drug-likeness (QED) is 0.835. The van der Waals surface area contributed by atoms with Gasteiger partial charge in [-0.3, -0.25) is 4.90 Å². The Hall–Kier alpha value is -1.67. The van der Waals surface area contributed by atoms with Crippen LogP contribution in [-0.2, 0) is 14.8 Å². The van der Waals surface area contributed by atoms with Gasteiger partial charge in [0.25, 0.3) is 0 Å². The van der Waals surface area contributed by atoms with Crippen molar-refractivity contribution in [2.45, 2.75) is 31.7 Å². The van der Waals surface area contributed by atoms with Crippen molar-refractivity contribution in [1.82, 2.24) is 9.29 Å². The molecule has 0 spiro atoms. The maximum absolute atomic E-state index is 11.8. The summed E-state index contributed by atoms with van der Waals surface area (Å²) in [5.41, 5.74) is 0.905. The SMILES string of the molecule is C[C@H]1COC(=O)N1c1cccc(C2CCN(S(C)(=O)=O)CC2)n1. The first-order chi connectivity index (χ1) is 10.9. The average Bonchev–Trinajstić information content (AvgIpc) is 2.86. The summed E-state index contributed by atoms with van der Waals surface area (Å²) in [6.07, 6.45) is 2.36. The van der Waals surface area contributed by atoms with Gasteiger partial charge < -0.3 is 4.74 Å². The van der Waals surface area contributed by atoms with Crippen LogP contribution >= 0.6 is 0 Å². The lowest BCUT2D eigenvalue weighted by atomic mass is 9.94. The summed E-state index contributed by atoms with van der Waals surface area (Å²) in [6, 6.07) is 5.60. The monoisotopic (exact) mass is 339 g/mol. The zero-order valence-corrected chi connectivity index (χ0v) is 14.1. The van der Waals surface area contributed by atoms with Gasteiger partial charge in [-0.05, 0) is 31.9 Å². The van der Waals surface area contributed by atoms with Crippen molar-refractivity contribution in [1.29, 1.82) is 0 Å². The van der Waals surface area contributed by atoms with E-state index >= 15 is 0 Å². The average molecular weight is 339 g/mol. The molecule has 0 bridgehead atoms. The number of sulfonamides is 1. The highest BCUT2D eigenvalue weighted by atomic mass is 32.2. The number of amides is 1. The molecule has 1 atom stereocenters. The number of ether oxygens (including phenoxy) is 1. The normalized spacial score (nSPS) is 24.0. The van der Waals surface area contributed by atoms with Gasteiger partial charge in [0, 0.05) is 24.7 Å². The molecule has 0 N–H and O–H groups in total. The summed E-state index contributed by atoms with van der Waals surface area (Å²) in [7, 11) is -3.12. The van der Waals surface area contributed by atoms with Crippen LogP contribution in [0, 0.1) is 0 Å². The van der Waals surface area contributed by atoms with Crippen LogP contribution in [-0.4, -0.2) is 55.8 Å². The molecule has 8 heteroatoms. The van der Waals surface area contributed by atoms with Crippen LogP contribution in [0.4, 0.5) is 10.6 Å². The number of piperidine rings is 1. The molecule has 7 nitrogen and oxygen atoms in total. The maximum Gasteiger partial charge on any atom is 0.415 e. The van der Waals surface area contributed by atoms with E-state index in [0.29, 0.717) is 25.5 Å². The van der Waals surface area contributed by atoms with E-state index in [4.69, 9.17) is 4.74 Å². The first kappa shape index (κ1) is 16.2. The van der Waals surface area contributed by atoms with Gasteiger partial charge in [0.15, 0.2) is 0 Å². The molecule has 2 saturated heterocycles. The van der Waals surface area contributed by atoms with Crippen molar-refractivity contribution in [2.75, 3.05) is 30.9 Å². The number of cyclic esters (lactones) is 1. The number of hydrogen-bond acceptors (Lipinski definition) is 5. The third kappa shape index (κ3) is 3.32. The minimum absolute atomic E-state index is 0.0302. The van der Waals surface area contributed by atoms with Gasteiger partial charge in [-0.15, -0.1) is 0 Å². The van der Waals surface area contributed by atoms with E-state index in [2.05, 4.69) is 4.98 Å². The fourth-order valence-electron chi connectivity index (χ4n) is 3.12. The summed E-state index contributed by atoms with van der Waals surface area (Å²) < 4.78 is 29.7. The molecular formula is C15H21N3O4S. The van der Waals surface area contributed by atoms with Crippen LogP contribution in [0.3, 0.4) is 0 Å². The van der Waals surface area contributed by atoms with E-state index in [9.17, 15) is 13.2 Å². The predicted octanol–water partition coefficient (Wildman–Crippen LogP) is 1.57. The molecule has 3 rings (SSSR count). The Bertz CT molecular complexity index is 698. The Morgan fingerprint density at radius 1 is 1.26 bits per heavy atom. The largest absolute Gasteiger partial charge is 0.447 e. The summed E-state index contributed by atoms with van der Waals surface area (Å²) in [5, 5.41) is 0. The smallest absolute Gasteiger partial charge is 0.415 e. The second-order valence-corrected chi connectivity index (χ2v) is 8.14. The van der Waals surface area contributed by atoms with Gasteiger partial charge in [-0.2, -0.15) is 0 Å². The Morgan fingerprint density at radius 2 is 1.96 bits per heavy atom. The molecule has 1 amide bonds. The molecule has 3 heterocycles. The van der Waals surface area contributed by atoms with Gasteiger partial charge in [-0.1, -0.05) is 6.07 Å². The van der Waals surface area contributed by atoms with Crippen molar-refractivity contribution in [2.24, 2.45) is 0 Å². The van der Waals surface area contributed by atoms with Crippen LogP contribution in [0.25, 0.3) is 0 Å².